The number of nitrogens with zero attached hydrogens (tertiary/aromatic N) is 3. The van der Waals surface area contributed by atoms with Crippen molar-refractivity contribution < 1.29 is 19.4 Å². The molecule has 2 heterocycles. The van der Waals surface area contributed by atoms with Crippen LogP contribution in [0.5, 0.6) is 0 Å². The summed E-state index contributed by atoms with van der Waals surface area (Å²) in [4.78, 5) is 26.1. The molecule has 3 rings (SSSR count). The average molecular weight is 349 g/mol. The lowest BCUT2D eigenvalue weighted by Gasteiger charge is -2.41. The largest absolute Gasteiger partial charge is 0.478 e. The zero-order valence-corrected chi connectivity index (χ0v) is 15.0. The Balaban J connectivity index is 1.65. The van der Waals surface area contributed by atoms with Gasteiger partial charge in [0, 0.05) is 20.2 Å². The van der Waals surface area contributed by atoms with Gasteiger partial charge < -0.3 is 14.7 Å². The molecular weight excluding hydrogens is 322 g/mol. The smallest absolute Gasteiger partial charge is 0.339 e. The molecule has 1 saturated heterocycles. The van der Waals surface area contributed by atoms with Crippen molar-refractivity contribution in [2.24, 2.45) is 0 Å². The lowest BCUT2D eigenvalue weighted by molar-refractivity contribution is -0.160. The number of ether oxygens (including phenoxy) is 1. The van der Waals surface area contributed by atoms with Gasteiger partial charge >= 0.3 is 5.97 Å². The first-order chi connectivity index (χ1) is 12.0. The van der Waals surface area contributed by atoms with Crippen LogP contribution < -0.4 is 0 Å². The van der Waals surface area contributed by atoms with Gasteiger partial charge in [-0.05, 0) is 32.6 Å². The summed E-state index contributed by atoms with van der Waals surface area (Å²) >= 11 is 0. The zero-order chi connectivity index (χ0) is 18.0. The van der Waals surface area contributed by atoms with E-state index in [1.165, 1.54) is 12.6 Å². The molecule has 7 heteroatoms. The van der Waals surface area contributed by atoms with Crippen molar-refractivity contribution in [3.05, 3.63) is 17.5 Å². The van der Waals surface area contributed by atoms with Crippen molar-refractivity contribution in [1.29, 1.82) is 0 Å². The molecule has 0 aromatic carbocycles. The van der Waals surface area contributed by atoms with Crippen molar-refractivity contribution >= 4 is 11.9 Å². The number of aromatic carboxylic acids is 1. The van der Waals surface area contributed by atoms with Crippen LogP contribution in [0.15, 0.2) is 6.20 Å². The fourth-order valence-electron chi connectivity index (χ4n) is 4.23. The van der Waals surface area contributed by atoms with Crippen molar-refractivity contribution in [2.45, 2.75) is 63.5 Å². The molecule has 0 bridgehead atoms. The number of methoxy groups -OCH3 is 1. The Morgan fingerprint density at radius 2 is 1.88 bits per heavy atom. The summed E-state index contributed by atoms with van der Waals surface area (Å²) < 4.78 is 7.48. The number of amides is 1. The molecule has 0 unspecified atom stereocenters. The number of likely N-dealkylation sites (tertiary alicyclic amines) is 1. The fraction of sp³-hybridized carbons (Fsp3) is 0.722. The molecule has 0 atom stereocenters. The first-order valence-corrected chi connectivity index (χ1v) is 9.10. The molecule has 7 nitrogen and oxygen atoms in total. The second-order valence-electron chi connectivity index (χ2n) is 7.18. The molecule has 1 aliphatic carbocycles. The predicted octanol–water partition coefficient (Wildman–Crippen LogP) is 2.40. The second-order valence-corrected chi connectivity index (χ2v) is 7.18. The van der Waals surface area contributed by atoms with Gasteiger partial charge in [-0.3, -0.25) is 9.48 Å². The molecule has 0 radical (unpaired) electrons. The number of hydrogen-bond donors (Lipinski definition) is 1. The molecule has 25 heavy (non-hydrogen) atoms. The summed E-state index contributed by atoms with van der Waals surface area (Å²) in [6, 6.07) is 0.141. The minimum Gasteiger partial charge on any atom is -0.478 e. The third kappa shape index (κ3) is 3.29. The molecule has 2 aliphatic rings. The van der Waals surface area contributed by atoms with Crippen molar-refractivity contribution in [2.75, 3.05) is 20.2 Å². The number of carbonyl (C=O) groups excluding carboxylic acids is 1. The van der Waals surface area contributed by atoms with Crippen LogP contribution in [0.25, 0.3) is 0 Å². The normalized spacial score (nSPS) is 21.3. The van der Waals surface area contributed by atoms with Crippen LogP contribution in [0.2, 0.25) is 0 Å². The SMILES string of the molecule is COC1(C(=O)N2CCC(n3ncc(C(=O)O)c3C)CC2)CCCCC1. The van der Waals surface area contributed by atoms with Crippen LogP contribution in [0.1, 0.15) is 67.0 Å². The van der Waals surface area contributed by atoms with Crippen LogP contribution >= 0.6 is 0 Å². The Morgan fingerprint density at radius 1 is 1.24 bits per heavy atom. The third-order valence-corrected chi connectivity index (χ3v) is 5.81. The monoisotopic (exact) mass is 349 g/mol. The maximum Gasteiger partial charge on any atom is 0.339 e. The minimum atomic E-state index is -0.948. The van der Waals surface area contributed by atoms with Crippen LogP contribution in [-0.2, 0) is 9.53 Å². The molecule has 138 valence electrons. The highest BCUT2D eigenvalue weighted by Crippen LogP contribution is 2.34. The van der Waals surface area contributed by atoms with Gasteiger partial charge in [0.05, 0.1) is 17.9 Å². The number of hydrogen-bond acceptors (Lipinski definition) is 4. The van der Waals surface area contributed by atoms with E-state index in [4.69, 9.17) is 4.74 Å². The first-order valence-electron chi connectivity index (χ1n) is 9.10. The Labute approximate surface area is 147 Å². The van der Waals surface area contributed by atoms with Gasteiger partial charge in [-0.15, -0.1) is 0 Å². The lowest BCUT2D eigenvalue weighted by atomic mass is 9.83. The van der Waals surface area contributed by atoms with Crippen LogP contribution in [-0.4, -0.2) is 57.5 Å². The van der Waals surface area contributed by atoms with Crippen molar-refractivity contribution in [3.63, 3.8) is 0 Å². The van der Waals surface area contributed by atoms with E-state index in [1.54, 1.807) is 18.7 Å². The van der Waals surface area contributed by atoms with Gasteiger partial charge in [-0.2, -0.15) is 5.10 Å². The molecular formula is C18H27N3O4. The van der Waals surface area contributed by atoms with E-state index in [1.807, 2.05) is 4.90 Å². The van der Waals surface area contributed by atoms with E-state index < -0.39 is 11.6 Å². The van der Waals surface area contributed by atoms with E-state index in [2.05, 4.69) is 5.10 Å². The highest BCUT2D eigenvalue weighted by Gasteiger charge is 2.43. The molecule has 0 spiro atoms. The molecule has 1 aromatic rings. The van der Waals surface area contributed by atoms with E-state index >= 15 is 0 Å². The molecule has 1 saturated carbocycles. The molecule has 2 fully saturated rings. The summed E-state index contributed by atoms with van der Waals surface area (Å²) in [5, 5.41) is 13.4. The summed E-state index contributed by atoms with van der Waals surface area (Å²) in [5.74, 6) is -0.827. The highest BCUT2D eigenvalue weighted by atomic mass is 16.5. The summed E-state index contributed by atoms with van der Waals surface area (Å²) in [7, 11) is 1.65. The van der Waals surface area contributed by atoms with Gasteiger partial charge in [-0.25, -0.2) is 4.79 Å². The van der Waals surface area contributed by atoms with Crippen molar-refractivity contribution in [3.8, 4) is 0 Å². The first kappa shape index (κ1) is 17.9. The standard InChI is InChI=1S/C18H27N3O4/c1-13-15(16(22)23)12-19-21(13)14-6-10-20(11-7-14)17(24)18(25-2)8-4-3-5-9-18/h12,14H,3-11H2,1-2H3,(H,22,23). The number of aromatic nitrogens is 2. The second kappa shape index (κ2) is 7.15. The van der Waals surface area contributed by atoms with Crippen LogP contribution in [0, 0.1) is 6.92 Å². The number of rotatable bonds is 4. The zero-order valence-electron chi connectivity index (χ0n) is 15.0. The maximum absolute atomic E-state index is 13.0. The number of carboxylic acids is 1. The number of carboxylic acid groups (broad SMARTS) is 1. The topological polar surface area (TPSA) is 84.7 Å². The molecule has 1 N–H and O–H groups in total. The Morgan fingerprint density at radius 3 is 2.40 bits per heavy atom. The molecule has 1 amide bonds. The summed E-state index contributed by atoms with van der Waals surface area (Å²) in [5.41, 5.74) is 0.292. The highest BCUT2D eigenvalue weighted by molar-refractivity contribution is 5.88. The number of carbonyl (C=O) groups is 2. The van der Waals surface area contributed by atoms with Gasteiger partial charge in [0.25, 0.3) is 5.91 Å². The number of piperidine rings is 1. The van der Waals surface area contributed by atoms with Gasteiger partial charge in [0.2, 0.25) is 0 Å². The van der Waals surface area contributed by atoms with E-state index in [9.17, 15) is 14.7 Å². The Hall–Kier alpha value is -1.89. The lowest BCUT2D eigenvalue weighted by Crippen LogP contribution is -2.53. The minimum absolute atomic E-state index is 0.122. The summed E-state index contributed by atoms with van der Waals surface area (Å²) in [6.45, 7) is 3.11. The van der Waals surface area contributed by atoms with Crippen LogP contribution in [0.4, 0.5) is 0 Å². The Kier molecular flexibility index (Phi) is 5.13. The van der Waals surface area contributed by atoms with E-state index in [0.29, 0.717) is 18.8 Å². The molecule has 1 aliphatic heterocycles. The third-order valence-electron chi connectivity index (χ3n) is 5.81. The van der Waals surface area contributed by atoms with Gasteiger partial charge in [0.1, 0.15) is 11.2 Å². The Bertz CT molecular complexity index is 641. The van der Waals surface area contributed by atoms with Gasteiger partial charge in [0.15, 0.2) is 0 Å². The van der Waals surface area contributed by atoms with Gasteiger partial charge in [-0.1, -0.05) is 19.3 Å². The van der Waals surface area contributed by atoms with E-state index in [-0.39, 0.29) is 17.5 Å². The van der Waals surface area contributed by atoms with E-state index in [0.717, 1.165) is 38.5 Å². The fourth-order valence-corrected chi connectivity index (χ4v) is 4.23. The molecule has 1 aromatic heterocycles. The quantitative estimate of drug-likeness (QED) is 0.902. The van der Waals surface area contributed by atoms with Crippen molar-refractivity contribution in [1.82, 2.24) is 14.7 Å². The summed E-state index contributed by atoms with van der Waals surface area (Å²) in [6.07, 6.45) is 7.86. The van der Waals surface area contributed by atoms with Crippen LogP contribution in [0.3, 0.4) is 0 Å². The maximum atomic E-state index is 13.0. The predicted molar refractivity (Wildman–Crippen MR) is 91.6 cm³/mol. The average Bonchev–Trinajstić information content (AvgIpc) is 3.03.